The van der Waals surface area contributed by atoms with Gasteiger partial charge in [0, 0.05) is 11.1 Å². The molecule has 156 valence electrons. The van der Waals surface area contributed by atoms with Crippen molar-refractivity contribution >= 4 is 23.6 Å². The van der Waals surface area contributed by atoms with Crippen LogP contribution in [0.3, 0.4) is 0 Å². The number of ether oxygens (including phenoxy) is 1. The van der Waals surface area contributed by atoms with E-state index in [9.17, 15) is 14.9 Å². The highest BCUT2D eigenvalue weighted by Gasteiger charge is 2.33. The first-order chi connectivity index (χ1) is 14.4. The van der Waals surface area contributed by atoms with Gasteiger partial charge in [0.15, 0.2) is 6.61 Å². The van der Waals surface area contributed by atoms with Crippen LogP contribution in [-0.4, -0.2) is 29.0 Å². The van der Waals surface area contributed by atoms with Crippen LogP contribution in [0.2, 0.25) is 0 Å². The summed E-state index contributed by atoms with van der Waals surface area (Å²) in [6, 6.07) is 11.6. The summed E-state index contributed by atoms with van der Waals surface area (Å²) in [6.07, 6.45) is 5.75. The summed E-state index contributed by atoms with van der Waals surface area (Å²) in [5.41, 5.74) is 1.81. The number of nitrogens with one attached hydrogen (secondary N) is 1. The first kappa shape index (κ1) is 21.8. The predicted octanol–water partition coefficient (Wildman–Crippen LogP) is 4.35. The molecule has 1 N–H and O–H groups in total. The van der Waals surface area contributed by atoms with Crippen molar-refractivity contribution in [2.75, 3.05) is 6.61 Å². The first-order valence-electron chi connectivity index (χ1n) is 10.0. The van der Waals surface area contributed by atoms with E-state index in [2.05, 4.69) is 16.4 Å². The molecule has 1 fully saturated rings. The summed E-state index contributed by atoms with van der Waals surface area (Å²) in [4.78, 5) is 30.2. The number of nitrogens with zero attached hydrogens (tertiary/aromatic N) is 2. The summed E-state index contributed by atoms with van der Waals surface area (Å²) in [7, 11) is 0. The average molecular weight is 424 g/mol. The van der Waals surface area contributed by atoms with Gasteiger partial charge in [-0.05, 0) is 62.1 Å². The SMILES string of the molecule is Cc1ccc(Sc2ncccc2C(=O)OCC(=O)NC2(C#N)CCCCC2)cc1C. The van der Waals surface area contributed by atoms with Crippen LogP contribution in [0.25, 0.3) is 0 Å². The highest BCUT2D eigenvalue weighted by Crippen LogP contribution is 2.30. The zero-order valence-corrected chi connectivity index (χ0v) is 18.1. The van der Waals surface area contributed by atoms with Crippen molar-refractivity contribution in [3.05, 3.63) is 53.2 Å². The Kier molecular flexibility index (Phi) is 7.11. The third-order valence-corrected chi connectivity index (χ3v) is 6.33. The molecule has 3 rings (SSSR count). The van der Waals surface area contributed by atoms with Crippen LogP contribution in [0.1, 0.15) is 53.6 Å². The molecule has 30 heavy (non-hydrogen) atoms. The molecule has 1 aliphatic rings. The second kappa shape index (κ2) is 9.77. The standard InChI is InChI=1S/C23H25N3O3S/c1-16-8-9-18(13-17(16)2)30-21-19(7-6-12-25-21)22(28)29-14-20(27)26-23(15-24)10-4-3-5-11-23/h6-9,12-13H,3-5,10-11,14H2,1-2H3,(H,26,27). The van der Waals surface area contributed by atoms with Gasteiger partial charge in [-0.3, -0.25) is 4.79 Å². The number of hydrogen-bond donors (Lipinski definition) is 1. The maximum Gasteiger partial charge on any atom is 0.341 e. The van der Waals surface area contributed by atoms with E-state index in [0.717, 1.165) is 29.7 Å². The highest BCUT2D eigenvalue weighted by molar-refractivity contribution is 7.99. The summed E-state index contributed by atoms with van der Waals surface area (Å²) in [5, 5.41) is 12.8. The van der Waals surface area contributed by atoms with Crippen LogP contribution in [-0.2, 0) is 9.53 Å². The molecular weight excluding hydrogens is 398 g/mol. The topological polar surface area (TPSA) is 92.1 Å². The van der Waals surface area contributed by atoms with Gasteiger partial charge in [-0.2, -0.15) is 5.26 Å². The molecule has 0 radical (unpaired) electrons. The van der Waals surface area contributed by atoms with Crippen molar-refractivity contribution in [2.24, 2.45) is 0 Å². The summed E-state index contributed by atoms with van der Waals surface area (Å²) in [5.74, 6) is -1.07. The number of nitriles is 1. The molecule has 0 bridgehead atoms. The predicted molar refractivity (Wildman–Crippen MR) is 114 cm³/mol. The molecule has 7 heteroatoms. The molecular formula is C23H25N3O3S. The average Bonchev–Trinajstić information content (AvgIpc) is 2.75. The van der Waals surface area contributed by atoms with Crippen LogP contribution in [0.5, 0.6) is 0 Å². The van der Waals surface area contributed by atoms with Gasteiger partial charge in [0.2, 0.25) is 0 Å². The van der Waals surface area contributed by atoms with E-state index in [0.29, 0.717) is 23.4 Å². The minimum Gasteiger partial charge on any atom is -0.452 e. The number of pyridine rings is 1. The van der Waals surface area contributed by atoms with Gasteiger partial charge in [-0.25, -0.2) is 9.78 Å². The maximum atomic E-state index is 12.6. The van der Waals surface area contributed by atoms with Gasteiger partial charge in [-0.15, -0.1) is 0 Å². The highest BCUT2D eigenvalue weighted by atomic mass is 32.2. The Morgan fingerprint density at radius 3 is 2.67 bits per heavy atom. The zero-order valence-electron chi connectivity index (χ0n) is 17.2. The molecule has 0 spiro atoms. The minimum atomic E-state index is -0.847. The van der Waals surface area contributed by atoms with Crippen molar-refractivity contribution < 1.29 is 14.3 Å². The second-order valence-electron chi connectivity index (χ2n) is 7.58. The number of esters is 1. The van der Waals surface area contributed by atoms with Gasteiger partial charge < -0.3 is 10.1 Å². The molecule has 2 aromatic rings. The molecule has 1 aromatic heterocycles. The molecule has 1 heterocycles. The fraction of sp³-hybridized carbons (Fsp3) is 0.391. The molecule has 0 atom stereocenters. The Bertz CT molecular complexity index is 978. The molecule has 0 unspecified atom stereocenters. The van der Waals surface area contributed by atoms with E-state index in [1.807, 2.05) is 32.0 Å². The van der Waals surface area contributed by atoms with Crippen molar-refractivity contribution in [1.82, 2.24) is 10.3 Å². The van der Waals surface area contributed by atoms with E-state index in [1.54, 1.807) is 18.3 Å². The molecule has 1 aliphatic carbocycles. The number of aryl methyl sites for hydroxylation is 2. The lowest BCUT2D eigenvalue weighted by Crippen LogP contribution is -2.50. The van der Waals surface area contributed by atoms with Gasteiger partial charge in [-0.1, -0.05) is 37.1 Å². The van der Waals surface area contributed by atoms with Crippen LogP contribution in [0.15, 0.2) is 46.5 Å². The smallest absolute Gasteiger partial charge is 0.341 e. The van der Waals surface area contributed by atoms with Crippen molar-refractivity contribution in [1.29, 1.82) is 5.26 Å². The lowest BCUT2D eigenvalue weighted by molar-refractivity contribution is -0.125. The lowest BCUT2D eigenvalue weighted by atomic mass is 9.83. The summed E-state index contributed by atoms with van der Waals surface area (Å²) >= 11 is 1.38. The van der Waals surface area contributed by atoms with Gasteiger partial charge >= 0.3 is 5.97 Å². The van der Waals surface area contributed by atoms with Gasteiger partial charge in [0.05, 0.1) is 11.6 Å². The Morgan fingerprint density at radius 2 is 1.97 bits per heavy atom. The van der Waals surface area contributed by atoms with E-state index in [1.165, 1.54) is 17.3 Å². The fourth-order valence-electron chi connectivity index (χ4n) is 3.45. The minimum absolute atomic E-state index is 0.307. The Hall–Kier alpha value is -2.85. The van der Waals surface area contributed by atoms with E-state index >= 15 is 0 Å². The number of carbonyl (C=O) groups is 2. The number of aromatic nitrogens is 1. The largest absolute Gasteiger partial charge is 0.452 e. The number of carbonyl (C=O) groups excluding carboxylic acids is 2. The number of benzene rings is 1. The first-order valence-corrected chi connectivity index (χ1v) is 10.8. The molecule has 1 saturated carbocycles. The van der Waals surface area contributed by atoms with Crippen LogP contribution >= 0.6 is 11.8 Å². The van der Waals surface area contributed by atoms with Crippen molar-refractivity contribution in [3.8, 4) is 6.07 Å². The van der Waals surface area contributed by atoms with E-state index in [4.69, 9.17) is 4.74 Å². The van der Waals surface area contributed by atoms with Gasteiger partial charge in [0.1, 0.15) is 10.6 Å². The number of amides is 1. The molecule has 1 amide bonds. The van der Waals surface area contributed by atoms with Crippen molar-refractivity contribution in [3.63, 3.8) is 0 Å². The van der Waals surface area contributed by atoms with Gasteiger partial charge in [0.25, 0.3) is 5.91 Å². The fourth-order valence-corrected chi connectivity index (χ4v) is 4.42. The van der Waals surface area contributed by atoms with Crippen LogP contribution < -0.4 is 5.32 Å². The lowest BCUT2D eigenvalue weighted by Gasteiger charge is -2.31. The van der Waals surface area contributed by atoms with Crippen molar-refractivity contribution in [2.45, 2.75) is 61.4 Å². The molecule has 0 aliphatic heterocycles. The monoisotopic (exact) mass is 423 g/mol. The third-order valence-electron chi connectivity index (χ3n) is 5.32. The number of rotatable bonds is 6. The normalized spacial score (nSPS) is 15.1. The third kappa shape index (κ3) is 5.39. The zero-order chi connectivity index (χ0) is 21.6. The Labute approximate surface area is 181 Å². The molecule has 6 nitrogen and oxygen atoms in total. The van der Waals surface area contributed by atoms with Crippen LogP contribution in [0.4, 0.5) is 0 Å². The molecule has 1 aromatic carbocycles. The van der Waals surface area contributed by atoms with Crippen LogP contribution in [0, 0.1) is 25.2 Å². The quantitative estimate of drug-likeness (QED) is 0.695. The Morgan fingerprint density at radius 1 is 1.20 bits per heavy atom. The maximum absolute atomic E-state index is 12.6. The van der Waals surface area contributed by atoms with E-state index in [-0.39, 0.29) is 0 Å². The summed E-state index contributed by atoms with van der Waals surface area (Å²) < 4.78 is 5.23. The van der Waals surface area contributed by atoms with E-state index < -0.39 is 24.0 Å². The Balaban J connectivity index is 1.63. The molecule has 0 saturated heterocycles. The summed E-state index contributed by atoms with van der Waals surface area (Å²) in [6.45, 7) is 3.65. The second-order valence-corrected chi connectivity index (χ2v) is 8.65. The number of hydrogen-bond acceptors (Lipinski definition) is 6.